The average molecular weight is 201 g/mol. The summed E-state index contributed by atoms with van der Waals surface area (Å²) in [6, 6.07) is -0.697. The van der Waals surface area contributed by atoms with E-state index in [-0.39, 0.29) is 0 Å². The molecule has 0 aliphatic rings. The summed E-state index contributed by atoms with van der Waals surface area (Å²) in [5, 5.41) is 8.60. The van der Waals surface area contributed by atoms with Gasteiger partial charge in [0, 0.05) is 0 Å². The molecule has 0 heterocycles. The number of aliphatic carboxylic acids is 1. The molecule has 0 spiro atoms. The molecular weight excluding hydrogens is 178 g/mol. The molecule has 0 saturated heterocycles. The summed E-state index contributed by atoms with van der Waals surface area (Å²) >= 11 is 0. The normalized spacial score (nSPS) is 16.4. The topological polar surface area (TPSA) is 63.3 Å². The Morgan fingerprint density at radius 3 is 2.21 bits per heavy atom. The molecule has 3 N–H and O–H groups in total. The fraction of sp³-hybridized carbons (Fsp3) is 0.909. The van der Waals surface area contributed by atoms with Gasteiger partial charge in [0.25, 0.3) is 0 Å². The molecule has 14 heavy (non-hydrogen) atoms. The first-order valence-corrected chi connectivity index (χ1v) is 5.21. The predicted molar refractivity (Wildman–Crippen MR) is 58.1 cm³/mol. The number of carbonyl (C=O) groups is 1. The number of carboxylic acids is 1. The standard InChI is InChI=1S/C11H23NO2/c1-8(7-11(2,3)4)5-6-9(12)10(13)14/h8-9H,5-7,12H2,1-4H3,(H,13,14). The fourth-order valence-corrected chi connectivity index (χ4v) is 1.73. The van der Waals surface area contributed by atoms with Gasteiger partial charge in [0.2, 0.25) is 0 Å². The number of carboxylic acid groups (broad SMARTS) is 1. The van der Waals surface area contributed by atoms with Crippen molar-refractivity contribution in [3.63, 3.8) is 0 Å². The number of hydrogen-bond acceptors (Lipinski definition) is 2. The second-order valence-corrected chi connectivity index (χ2v) is 5.39. The monoisotopic (exact) mass is 201 g/mol. The van der Waals surface area contributed by atoms with Crippen molar-refractivity contribution >= 4 is 5.97 Å². The molecule has 0 saturated carbocycles. The zero-order valence-corrected chi connectivity index (χ0v) is 9.71. The van der Waals surface area contributed by atoms with Crippen LogP contribution in [0, 0.1) is 11.3 Å². The second-order valence-electron chi connectivity index (χ2n) is 5.39. The lowest BCUT2D eigenvalue weighted by Crippen LogP contribution is -2.30. The van der Waals surface area contributed by atoms with Gasteiger partial charge in [0.1, 0.15) is 6.04 Å². The molecule has 0 bridgehead atoms. The molecular formula is C11H23NO2. The highest BCUT2D eigenvalue weighted by Gasteiger charge is 2.17. The highest BCUT2D eigenvalue weighted by atomic mass is 16.4. The molecule has 0 aromatic heterocycles. The Hall–Kier alpha value is -0.570. The van der Waals surface area contributed by atoms with Crippen LogP contribution in [0.2, 0.25) is 0 Å². The lowest BCUT2D eigenvalue weighted by atomic mass is 9.83. The average Bonchev–Trinajstić information content (AvgIpc) is 1.96. The van der Waals surface area contributed by atoms with Gasteiger partial charge in [-0.2, -0.15) is 0 Å². The number of hydrogen-bond donors (Lipinski definition) is 2. The first-order chi connectivity index (χ1) is 6.22. The van der Waals surface area contributed by atoms with Gasteiger partial charge in [-0.15, -0.1) is 0 Å². The maximum atomic E-state index is 10.5. The van der Waals surface area contributed by atoms with Gasteiger partial charge in [-0.05, 0) is 30.6 Å². The SMILES string of the molecule is CC(CCC(N)C(=O)O)CC(C)(C)C. The minimum absolute atomic E-state index is 0.312. The van der Waals surface area contributed by atoms with E-state index in [4.69, 9.17) is 10.8 Å². The van der Waals surface area contributed by atoms with Crippen molar-refractivity contribution in [3.8, 4) is 0 Å². The van der Waals surface area contributed by atoms with Crippen LogP contribution in [0.3, 0.4) is 0 Å². The van der Waals surface area contributed by atoms with Crippen molar-refractivity contribution in [1.82, 2.24) is 0 Å². The summed E-state index contributed by atoms with van der Waals surface area (Å²) < 4.78 is 0. The van der Waals surface area contributed by atoms with Crippen LogP contribution in [0.1, 0.15) is 47.0 Å². The van der Waals surface area contributed by atoms with Crippen molar-refractivity contribution in [2.24, 2.45) is 17.1 Å². The third-order valence-corrected chi connectivity index (χ3v) is 2.25. The van der Waals surface area contributed by atoms with Gasteiger partial charge in [-0.25, -0.2) is 0 Å². The number of rotatable bonds is 5. The highest BCUT2D eigenvalue weighted by molar-refractivity contribution is 5.72. The lowest BCUT2D eigenvalue weighted by molar-refractivity contribution is -0.138. The minimum atomic E-state index is -0.895. The van der Waals surface area contributed by atoms with E-state index in [1.54, 1.807) is 0 Å². The summed E-state index contributed by atoms with van der Waals surface area (Å²) in [7, 11) is 0. The quantitative estimate of drug-likeness (QED) is 0.717. The van der Waals surface area contributed by atoms with Crippen LogP contribution in [0.5, 0.6) is 0 Å². The summed E-state index contributed by atoms with van der Waals surface area (Å²) in [6.45, 7) is 8.74. The van der Waals surface area contributed by atoms with E-state index in [1.165, 1.54) is 0 Å². The Kier molecular flexibility index (Phi) is 5.13. The number of nitrogens with two attached hydrogens (primary N) is 1. The summed E-state index contributed by atoms with van der Waals surface area (Å²) in [4.78, 5) is 10.5. The molecule has 0 aromatic rings. The molecule has 0 rings (SSSR count). The van der Waals surface area contributed by atoms with Gasteiger partial charge >= 0.3 is 5.97 Å². The van der Waals surface area contributed by atoms with Crippen LogP contribution >= 0.6 is 0 Å². The van der Waals surface area contributed by atoms with Gasteiger partial charge in [-0.1, -0.05) is 27.7 Å². The minimum Gasteiger partial charge on any atom is -0.480 e. The molecule has 0 aliphatic heterocycles. The van der Waals surface area contributed by atoms with Crippen molar-refractivity contribution in [2.45, 2.75) is 53.0 Å². The van der Waals surface area contributed by atoms with Gasteiger partial charge in [0.05, 0.1) is 0 Å². The van der Waals surface area contributed by atoms with Crippen LogP contribution in [-0.4, -0.2) is 17.1 Å². The van der Waals surface area contributed by atoms with E-state index >= 15 is 0 Å². The van der Waals surface area contributed by atoms with Crippen LogP contribution in [0.15, 0.2) is 0 Å². The Balaban J connectivity index is 3.74. The summed E-state index contributed by atoms with van der Waals surface area (Å²) in [5.74, 6) is -0.353. The first-order valence-electron chi connectivity index (χ1n) is 5.21. The van der Waals surface area contributed by atoms with Crippen molar-refractivity contribution in [3.05, 3.63) is 0 Å². The molecule has 3 nitrogen and oxygen atoms in total. The maximum Gasteiger partial charge on any atom is 0.320 e. The van der Waals surface area contributed by atoms with Crippen molar-refractivity contribution in [2.75, 3.05) is 0 Å². The summed E-state index contributed by atoms with van der Waals surface area (Å²) in [5.41, 5.74) is 5.74. The second kappa shape index (κ2) is 5.35. The molecule has 0 fully saturated rings. The van der Waals surface area contributed by atoms with E-state index in [9.17, 15) is 4.79 Å². The molecule has 0 radical (unpaired) electrons. The summed E-state index contributed by atoms with van der Waals surface area (Å²) in [6.07, 6.45) is 2.58. The van der Waals surface area contributed by atoms with E-state index in [0.717, 1.165) is 12.8 Å². The van der Waals surface area contributed by atoms with E-state index in [2.05, 4.69) is 27.7 Å². The zero-order valence-electron chi connectivity index (χ0n) is 9.71. The molecule has 2 unspecified atom stereocenters. The maximum absolute atomic E-state index is 10.5. The van der Waals surface area contributed by atoms with Gasteiger partial charge < -0.3 is 10.8 Å². The van der Waals surface area contributed by atoms with Crippen molar-refractivity contribution < 1.29 is 9.90 Å². The smallest absolute Gasteiger partial charge is 0.320 e. The fourth-order valence-electron chi connectivity index (χ4n) is 1.73. The molecule has 0 aliphatic carbocycles. The molecule has 84 valence electrons. The van der Waals surface area contributed by atoms with Crippen LogP contribution in [0.4, 0.5) is 0 Å². The van der Waals surface area contributed by atoms with E-state index < -0.39 is 12.0 Å². The lowest BCUT2D eigenvalue weighted by Gasteiger charge is -2.23. The third-order valence-electron chi connectivity index (χ3n) is 2.25. The highest BCUT2D eigenvalue weighted by Crippen LogP contribution is 2.26. The molecule has 0 amide bonds. The van der Waals surface area contributed by atoms with E-state index in [0.29, 0.717) is 17.8 Å². The first kappa shape index (κ1) is 13.4. The van der Waals surface area contributed by atoms with E-state index in [1.807, 2.05) is 0 Å². The molecule has 3 heteroatoms. The Morgan fingerprint density at radius 2 is 1.86 bits per heavy atom. The van der Waals surface area contributed by atoms with Gasteiger partial charge in [-0.3, -0.25) is 4.79 Å². The third kappa shape index (κ3) is 6.89. The van der Waals surface area contributed by atoms with Crippen LogP contribution in [-0.2, 0) is 4.79 Å². The Morgan fingerprint density at radius 1 is 1.36 bits per heavy atom. The van der Waals surface area contributed by atoms with Crippen molar-refractivity contribution in [1.29, 1.82) is 0 Å². The largest absolute Gasteiger partial charge is 0.480 e. The predicted octanol–water partition coefficient (Wildman–Crippen LogP) is 2.25. The van der Waals surface area contributed by atoms with Gasteiger partial charge in [0.15, 0.2) is 0 Å². The van der Waals surface area contributed by atoms with Crippen LogP contribution < -0.4 is 5.73 Å². The molecule has 2 atom stereocenters. The zero-order chi connectivity index (χ0) is 11.4. The Labute approximate surface area is 86.7 Å². The molecule has 0 aromatic carbocycles. The Bertz CT molecular complexity index is 184. The van der Waals surface area contributed by atoms with Crippen LogP contribution in [0.25, 0.3) is 0 Å².